The standard InChI is InChI=1S/C15H24BrFN2/c1-4-11(3)10-19(5-2)15(9-18)13-7-6-12(16)8-14(13)17/h6-8,11,15H,4-5,9-10,18H2,1-3H3. The van der Waals surface area contributed by atoms with Crippen LogP contribution in [0.1, 0.15) is 38.8 Å². The Morgan fingerprint density at radius 1 is 1.37 bits per heavy atom. The molecule has 4 heteroatoms. The van der Waals surface area contributed by atoms with Gasteiger partial charge in [-0.05, 0) is 24.6 Å². The summed E-state index contributed by atoms with van der Waals surface area (Å²) in [4.78, 5) is 2.26. The molecule has 0 aromatic heterocycles. The van der Waals surface area contributed by atoms with Crippen molar-refractivity contribution in [1.29, 1.82) is 0 Å². The third-order valence-electron chi connectivity index (χ3n) is 3.63. The first-order valence-corrected chi connectivity index (χ1v) is 7.71. The van der Waals surface area contributed by atoms with Gasteiger partial charge in [-0.25, -0.2) is 4.39 Å². The second-order valence-electron chi connectivity index (χ2n) is 5.02. The van der Waals surface area contributed by atoms with Crippen molar-refractivity contribution < 1.29 is 4.39 Å². The third-order valence-corrected chi connectivity index (χ3v) is 4.13. The average molecular weight is 331 g/mol. The van der Waals surface area contributed by atoms with E-state index in [1.165, 1.54) is 6.07 Å². The van der Waals surface area contributed by atoms with E-state index in [9.17, 15) is 4.39 Å². The maximum absolute atomic E-state index is 14.1. The topological polar surface area (TPSA) is 29.3 Å². The summed E-state index contributed by atoms with van der Waals surface area (Å²) in [7, 11) is 0. The fraction of sp³-hybridized carbons (Fsp3) is 0.600. The molecular formula is C15H24BrFN2. The Morgan fingerprint density at radius 2 is 2.05 bits per heavy atom. The van der Waals surface area contributed by atoms with Crippen molar-refractivity contribution >= 4 is 15.9 Å². The van der Waals surface area contributed by atoms with Crippen LogP contribution in [-0.2, 0) is 0 Å². The lowest BCUT2D eigenvalue weighted by Gasteiger charge is -2.32. The maximum Gasteiger partial charge on any atom is 0.129 e. The molecule has 0 bridgehead atoms. The van der Waals surface area contributed by atoms with Gasteiger partial charge in [0.2, 0.25) is 0 Å². The highest BCUT2D eigenvalue weighted by molar-refractivity contribution is 9.10. The summed E-state index contributed by atoms with van der Waals surface area (Å²) in [5.74, 6) is 0.403. The lowest BCUT2D eigenvalue weighted by atomic mass is 10.0. The summed E-state index contributed by atoms with van der Waals surface area (Å²) >= 11 is 3.29. The van der Waals surface area contributed by atoms with Gasteiger partial charge in [-0.1, -0.05) is 49.2 Å². The Kier molecular flexibility index (Phi) is 6.97. The summed E-state index contributed by atoms with van der Waals surface area (Å²) in [5.41, 5.74) is 6.58. The number of nitrogens with two attached hydrogens (primary N) is 1. The Bertz CT molecular complexity index is 398. The molecule has 1 aromatic carbocycles. The van der Waals surface area contributed by atoms with E-state index in [1.807, 2.05) is 12.1 Å². The summed E-state index contributed by atoms with van der Waals surface area (Å²) < 4.78 is 14.9. The Morgan fingerprint density at radius 3 is 2.53 bits per heavy atom. The van der Waals surface area contributed by atoms with Crippen LogP contribution >= 0.6 is 15.9 Å². The summed E-state index contributed by atoms with van der Waals surface area (Å²) in [6, 6.07) is 5.16. The monoisotopic (exact) mass is 330 g/mol. The minimum absolute atomic E-state index is 0.0490. The van der Waals surface area contributed by atoms with Crippen LogP contribution in [0.25, 0.3) is 0 Å². The molecule has 0 heterocycles. The fourth-order valence-corrected chi connectivity index (χ4v) is 2.58. The number of nitrogens with zero attached hydrogens (tertiary/aromatic N) is 1. The van der Waals surface area contributed by atoms with E-state index in [0.717, 1.165) is 24.0 Å². The molecule has 0 amide bonds. The molecule has 0 aliphatic rings. The normalized spacial score (nSPS) is 14.7. The van der Waals surface area contributed by atoms with Crippen LogP contribution in [-0.4, -0.2) is 24.5 Å². The molecular weight excluding hydrogens is 307 g/mol. The lowest BCUT2D eigenvalue weighted by Crippen LogP contribution is -2.37. The Hall–Kier alpha value is -0.450. The first-order valence-electron chi connectivity index (χ1n) is 6.92. The number of hydrogen-bond donors (Lipinski definition) is 1. The van der Waals surface area contributed by atoms with Gasteiger partial charge in [0.25, 0.3) is 0 Å². The predicted molar refractivity (Wildman–Crippen MR) is 82.6 cm³/mol. The Balaban J connectivity index is 2.96. The van der Waals surface area contributed by atoms with E-state index in [2.05, 4.69) is 41.6 Å². The van der Waals surface area contributed by atoms with Crippen molar-refractivity contribution in [3.8, 4) is 0 Å². The van der Waals surface area contributed by atoms with Gasteiger partial charge in [0.15, 0.2) is 0 Å². The van der Waals surface area contributed by atoms with Crippen molar-refractivity contribution in [2.45, 2.75) is 33.2 Å². The molecule has 0 saturated carbocycles. The van der Waals surface area contributed by atoms with Crippen molar-refractivity contribution in [2.24, 2.45) is 11.7 Å². The first-order chi connectivity index (χ1) is 9.03. The number of hydrogen-bond acceptors (Lipinski definition) is 2. The maximum atomic E-state index is 14.1. The number of halogens is 2. The zero-order valence-electron chi connectivity index (χ0n) is 12.0. The molecule has 1 aromatic rings. The zero-order chi connectivity index (χ0) is 14.4. The SMILES string of the molecule is CCC(C)CN(CC)C(CN)c1ccc(Br)cc1F. The van der Waals surface area contributed by atoms with Gasteiger partial charge in [0.05, 0.1) is 0 Å². The van der Waals surface area contributed by atoms with Crippen molar-refractivity contribution in [1.82, 2.24) is 4.90 Å². The van der Waals surface area contributed by atoms with Crippen LogP contribution in [0.2, 0.25) is 0 Å². The van der Waals surface area contributed by atoms with Gasteiger partial charge in [-0.15, -0.1) is 0 Å². The van der Waals surface area contributed by atoms with E-state index < -0.39 is 0 Å². The van der Waals surface area contributed by atoms with Crippen molar-refractivity contribution in [2.75, 3.05) is 19.6 Å². The molecule has 0 aliphatic carbocycles. The van der Waals surface area contributed by atoms with E-state index in [4.69, 9.17) is 5.73 Å². The van der Waals surface area contributed by atoms with Crippen LogP contribution in [0.15, 0.2) is 22.7 Å². The van der Waals surface area contributed by atoms with Crippen molar-refractivity contribution in [3.63, 3.8) is 0 Å². The number of likely N-dealkylation sites (N-methyl/N-ethyl adjacent to an activating group) is 1. The molecule has 0 fully saturated rings. The third kappa shape index (κ3) is 4.55. The van der Waals surface area contributed by atoms with Crippen LogP contribution < -0.4 is 5.73 Å². The van der Waals surface area contributed by atoms with Gasteiger partial charge in [0, 0.05) is 29.2 Å². The van der Waals surface area contributed by atoms with E-state index in [1.54, 1.807) is 0 Å². The number of rotatable bonds is 7. The van der Waals surface area contributed by atoms with Crippen LogP contribution in [0.5, 0.6) is 0 Å². The molecule has 0 saturated heterocycles. The van der Waals surface area contributed by atoms with Gasteiger partial charge in [-0.3, -0.25) is 4.90 Å². The first kappa shape index (κ1) is 16.6. The molecule has 1 rings (SSSR count). The molecule has 0 radical (unpaired) electrons. The second-order valence-corrected chi connectivity index (χ2v) is 5.93. The van der Waals surface area contributed by atoms with E-state index >= 15 is 0 Å². The summed E-state index contributed by atoms with van der Waals surface area (Å²) in [6.07, 6.45) is 1.12. The molecule has 2 atom stereocenters. The molecule has 0 aliphatic heterocycles. The van der Waals surface area contributed by atoms with Crippen molar-refractivity contribution in [3.05, 3.63) is 34.1 Å². The molecule has 2 unspecified atom stereocenters. The highest BCUT2D eigenvalue weighted by Gasteiger charge is 2.22. The lowest BCUT2D eigenvalue weighted by molar-refractivity contribution is 0.179. The minimum atomic E-state index is -0.188. The quantitative estimate of drug-likeness (QED) is 0.819. The predicted octanol–water partition coefficient (Wildman–Crippen LogP) is 3.96. The Labute approximate surface area is 124 Å². The van der Waals surface area contributed by atoms with Crippen LogP contribution in [0.4, 0.5) is 4.39 Å². The van der Waals surface area contributed by atoms with Gasteiger partial charge >= 0.3 is 0 Å². The molecule has 2 N–H and O–H groups in total. The molecule has 19 heavy (non-hydrogen) atoms. The zero-order valence-corrected chi connectivity index (χ0v) is 13.6. The number of benzene rings is 1. The van der Waals surface area contributed by atoms with E-state index in [-0.39, 0.29) is 11.9 Å². The van der Waals surface area contributed by atoms with E-state index in [0.29, 0.717) is 18.0 Å². The van der Waals surface area contributed by atoms with Gasteiger partial charge in [0.1, 0.15) is 5.82 Å². The molecule has 108 valence electrons. The minimum Gasteiger partial charge on any atom is -0.329 e. The van der Waals surface area contributed by atoms with Crippen LogP contribution in [0, 0.1) is 11.7 Å². The molecule has 0 spiro atoms. The van der Waals surface area contributed by atoms with Crippen LogP contribution in [0.3, 0.4) is 0 Å². The molecule has 2 nitrogen and oxygen atoms in total. The van der Waals surface area contributed by atoms with Gasteiger partial charge < -0.3 is 5.73 Å². The smallest absolute Gasteiger partial charge is 0.129 e. The van der Waals surface area contributed by atoms with Gasteiger partial charge in [-0.2, -0.15) is 0 Å². The summed E-state index contributed by atoms with van der Waals surface area (Å²) in [6.45, 7) is 8.75. The second kappa shape index (κ2) is 7.98. The fourth-order valence-electron chi connectivity index (χ4n) is 2.25. The summed E-state index contributed by atoms with van der Waals surface area (Å²) in [5, 5.41) is 0. The largest absolute Gasteiger partial charge is 0.329 e. The highest BCUT2D eigenvalue weighted by atomic mass is 79.9. The highest BCUT2D eigenvalue weighted by Crippen LogP contribution is 2.26. The average Bonchev–Trinajstić information content (AvgIpc) is 2.40.